The first-order valence-corrected chi connectivity index (χ1v) is 5.93. The molecule has 1 atom stereocenters. The van der Waals surface area contributed by atoms with Gasteiger partial charge >= 0.3 is 0 Å². The molecule has 0 N–H and O–H groups in total. The van der Waals surface area contributed by atoms with E-state index in [1.807, 2.05) is 42.3 Å². The van der Waals surface area contributed by atoms with Crippen LogP contribution in [-0.4, -0.2) is 33.8 Å². The van der Waals surface area contributed by atoms with Gasteiger partial charge in [-0.05, 0) is 12.5 Å². The normalized spacial score (nSPS) is 26.7. The summed E-state index contributed by atoms with van der Waals surface area (Å²) in [6.45, 7) is 3.69. The Hall–Kier alpha value is -1.94. The Bertz CT molecular complexity index is 564. The molecule has 4 heteroatoms. The minimum atomic E-state index is -0.674. The number of hydrogen-bond acceptors (Lipinski definition) is 3. The second-order valence-corrected chi connectivity index (χ2v) is 4.83. The van der Waals surface area contributed by atoms with Gasteiger partial charge in [0, 0.05) is 18.7 Å². The van der Waals surface area contributed by atoms with Gasteiger partial charge in [0.2, 0.25) is 5.91 Å². The molecule has 0 spiro atoms. The largest absolute Gasteiger partial charge is 0.296 e. The Morgan fingerprint density at radius 1 is 1.28 bits per heavy atom. The summed E-state index contributed by atoms with van der Waals surface area (Å²) < 4.78 is 0. The zero-order chi connectivity index (χ0) is 12.9. The minimum Gasteiger partial charge on any atom is -0.296 e. The summed E-state index contributed by atoms with van der Waals surface area (Å²) in [4.78, 5) is 23.6. The number of Topliss-reactive ketones (excluding diaryl/α,β-unsaturated/α-hetero) is 1. The van der Waals surface area contributed by atoms with Crippen molar-refractivity contribution in [1.29, 1.82) is 0 Å². The van der Waals surface area contributed by atoms with Crippen LogP contribution in [0.15, 0.2) is 36.5 Å². The molecule has 92 valence electrons. The summed E-state index contributed by atoms with van der Waals surface area (Å²) in [7, 11) is 0. The van der Waals surface area contributed by atoms with E-state index in [9.17, 15) is 9.59 Å². The molecule has 2 aliphatic rings. The van der Waals surface area contributed by atoms with Crippen LogP contribution in [0.4, 0.5) is 0 Å². The lowest BCUT2D eigenvalue weighted by Gasteiger charge is -2.47. The molecule has 2 aliphatic heterocycles. The van der Waals surface area contributed by atoms with E-state index >= 15 is 0 Å². The van der Waals surface area contributed by atoms with Crippen molar-refractivity contribution in [2.24, 2.45) is 0 Å². The van der Waals surface area contributed by atoms with Crippen molar-refractivity contribution in [3.8, 4) is 0 Å². The first kappa shape index (κ1) is 11.2. The van der Waals surface area contributed by atoms with E-state index in [4.69, 9.17) is 0 Å². The third-order valence-electron chi connectivity index (χ3n) is 3.80. The smallest absolute Gasteiger partial charge is 0.237 e. The summed E-state index contributed by atoms with van der Waals surface area (Å²) in [5.41, 5.74) is 1.21. The van der Waals surface area contributed by atoms with Crippen molar-refractivity contribution in [1.82, 2.24) is 10.0 Å². The number of hydrazine groups is 1. The standard InChI is InChI=1S/C14H14N2O2/c1-10(17)15-8-12(11-6-4-3-5-7-11)14(2)13(18)9-16(14)15/h3-8H,9H2,1-2H3. The fourth-order valence-corrected chi connectivity index (χ4v) is 2.63. The number of carbonyl (C=O) groups is 2. The molecule has 2 heterocycles. The lowest BCUT2D eigenvalue weighted by atomic mass is 9.78. The highest BCUT2D eigenvalue weighted by Crippen LogP contribution is 2.45. The summed E-state index contributed by atoms with van der Waals surface area (Å²) in [5.74, 6) is 0.0843. The molecule has 0 radical (unpaired) electrons. The second-order valence-electron chi connectivity index (χ2n) is 4.83. The Kier molecular flexibility index (Phi) is 2.19. The molecule has 1 unspecified atom stereocenters. The van der Waals surface area contributed by atoms with E-state index in [1.165, 1.54) is 6.92 Å². The number of fused-ring (bicyclic) bond motifs is 1. The molecule has 1 fully saturated rings. The number of rotatable bonds is 1. The van der Waals surface area contributed by atoms with Gasteiger partial charge in [0.05, 0.1) is 6.54 Å². The van der Waals surface area contributed by atoms with Crippen LogP contribution in [0.25, 0.3) is 5.57 Å². The zero-order valence-electron chi connectivity index (χ0n) is 10.4. The Morgan fingerprint density at radius 3 is 2.50 bits per heavy atom. The second kappa shape index (κ2) is 3.53. The van der Waals surface area contributed by atoms with Crippen LogP contribution < -0.4 is 0 Å². The minimum absolute atomic E-state index is 0.0698. The van der Waals surface area contributed by atoms with Gasteiger partial charge in [-0.2, -0.15) is 5.01 Å². The molecule has 1 aromatic carbocycles. The van der Waals surface area contributed by atoms with Crippen molar-refractivity contribution in [3.05, 3.63) is 42.1 Å². The maximum Gasteiger partial charge on any atom is 0.237 e. The van der Waals surface area contributed by atoms with E-state index in [-0.39, 0.29) is 11.7 Å². The van der Waals surface area contributed by atoms with Gasteiger partial charge in [0.1, 0.15) is 5.54 Å². The van der Waals surface area contributed by atoms with Crippen molar-refractivity contribution < 1.29 is 9.59 Å². The third kappa shape index (κ3) is 1.24. The average Bonchev–Trinajstić information content (AvgIpc) is 2.61. The first-order chi connectivity index (χ1) is 8.55. The van der Waals surface area contributed by atoms with Gasteiger partial charge < -0.3 is 0 Å². The Balaban J connectivity index is 2.10. The summed E-state index contributed by atoms with van der Waals surface area (Å²) in [6.07, 6.45) is 1.78. The van der Waals surface area contributed by atoms with Gasteiger partial charge in [-0.25, -0.2) is 5.01 Å². The van der Waals surface area contributed by atoms with E-state index in [0.717, 1.165) is 11.1 Å². The molecular formula is C14H14N2O2. The molecule has 18 heavy (non-hydrogen) atoms. The molecule has 0 aromatic heterocycles. The number of ketones is 1. The number of nitrogens with zero attached hydrogens (tertiary/aromatic N) is 2. The number of carbonyl (C=O) groups excluding carboxylic acids is 2. The van der Waals surface area contributed by atoms with Gasteiger partial charge in [0.15, 0.2) is 5.78 Å². The highest BCUT2D eigenvalue weighted by Gasteiger charge is 2.58. The topological polar surface area (TPSA) is 40.6 Å². The van der Waals surface area contributed by atoms with Crippen molar-refractivity contribution >= 4 is 17.3 Å². The van der Waals surface area contributed by atoms with Crippen molar-refractivity contribution in [2.45, 2.75) is 19.4 Å². The number of benzene rings is 1. The van der Waals surface area contributed by atoms with Crippen LogP contribution in [0.1, 0.15) is 19.4 Å². The maximum atomic E-state index is 12.0. The fraction of sp³-hybridized carbons (Fsp3) is 0.286. The van der Waals surface area contributed by atoms with Crippen LogP contribution in [0.2, 0.25) is 0 Å². The summed E-state index contributed by atoms with van der Waals surface area (Å²) >= 11 is 0. The molecular weight excluding hydrogens is 228 g/mol. The molecule has 4 nitrogen and oxygen atoms in total. The molecule has 0 bridgehead atoms. The van der Waals surface area contributed by atoms with Crippen molar-refractivity contribution in [2.75, 3.05) is 6.54 Å². The lowest BCUT2D eigenvalue weighted by Crippen LogP contribution is -2.68. The van der Waals surface area contributed by atoms with Gasteiger partial charge in [-0.15, -0.1) is 0 Å². The molecule has 0 aliphatic carbocycles. The van der Waals surface area contributed by atoms with Gasteiger partial charge in [-0.3, -0.25) is 9.59 Å². The molecule has 1 aromatic rings. The highest BCUT2D eigenvalue weighted by atomic mass is 16.2. The van der Waals surface area contributed by atoms with E-state index in [0.29, 0.717) is 6.54 Å². The average molecular weight is 242 g/mol. The maximum absolute atomic E-state index is 12.0. The van der Waals surface area contributed by atoms with Gasteiger partial charge in [-0.1, -0.05) is 30.3 Å². The predicted octanol–water partition coefficient (Wildman–Crippen LogP) is 1.45. The van der Waals surface area contributed by atoms with Crippen LogP contribution >= 0.6 is 0 Å². The number of hydrogen-bond donors (Lipinski definition) is 0. The number of amides is 1. The monoisotopic (exact) mass is 242 g/mol. The van der Waals surface area contributed by atoms with Crippen LogP contribution in [0.3, 0.4) is 0 Å². The highest BCUT2D eigenvalue weighted by molar-refractivity contribution is 6.09. The predicted molar refractivity (Wildman–Crippen MR) is 67.1 cm³/mol. The lowest BCUT2D eigenvalue weighted by molar-refractivity contribution is -0.167. The molecule has 1 amide bonds. The van der Waals surface area contributed by atoms with Crippen LogP contribution in [0, 0.1) is 0 Å². The quantitative estimate of drug-likeness (QED) is 0.748. The van der Waals surface area contributed by atoms with E-state index < -0.39 is 5.54 Å². The van der Waals surface area contributed by atoms with Crippen LogP contribution in [-0.2, 0) is 9.59 Å². The first-order valence-electron chi connectivity index (χ1n) is 5.93. The van der Waals surface area contributed by atoms with Crippen LogP contribution in [0.5, 0.6) is 0 Å². The molecule has 0 saturated carbocycles. The Morgan fingerprint density at radius 2 is 1.94 bits per heavy atom. The van der Waals surface area contributed by atoms with E-state index in [1.54, 1.807) is 11.2 Å². The summed E-state index contributed by atoms with van der Waals surface area (Å²) in [6, 6.07) is 9.73. The van der Waals surface area contributed by atoms with E-state index in [2.05, 4.69) is 0 Å². The zero-order valence-corrected chi connectivity index (χ0v) is 10.4. The molecule has 1 saturated heterocycles. The summed E-state index contributed by atoms with van der Waals surface area (Å²) in [5, 5.41) is 3.36. The molecule has 3 rings (SSSR count). The van der Waals surface area contributed by atoms with Gasteiger partial charge in [0.25, 0.3) is 0 Å². The SMILES string of the molecule is CC(=O)N1C=C(c2ccccc2)C2(C)C(=O)CN12. The Labute approximate surface area is 105 Å². The fourth-order valence-electron chi connectivity index (χ4n) is 2.63. The third-order valence-corrected chi connectivity index (χ3v) is 3.80. The van der Waals surface area contributed by atoms with Crippen molar-refractivity contribution in [3.63, 3.8) is 0 Å².